The Hall–Kier alpha value is -8.86. The average Bonchev–Trinajstić information content (AvgIpc) is 3.99. The predicted octanol–water partition coefficient (Wildman–Crippen LogP) is 16.9. The fourth-order valence-electron chi connectivity index (χ4n) is 12.2. The average molecular weight is 879 g/mol. The highest BCUT2D eigenvalue weighted by atomic mass is 15.0. The molecule has 0 saturated heterocycles. The second kappa shape index (κ2) is 14.1. The Labute approximate surface area is 398 Å². The van der Waals surface area contributed by atoms with E-state index >= 15 is 0 Å². The van der Waals surface area contributed by atoms with Crippen molar-refractivity contribution in [2.24, 2.45) is 0 Å². The van der Waals surface area contributed by atoms with Crippen LogP contribution in [0.25, 0.3) is 132 Å². The highest BCUT2D eigenvalue weighted by molar-refractivity contribution is 6.21. The summed E-state index contributed by atoms with van der Waals surface area (Å²) in [6, 6.07) is 80.0. The summed E-state index contributed by atoms with van der Waals surface area (Å²) < 4.78 is 4.90. The Morgan fingerprint density at radius 1 is 0.362 bits per heavy atom. The lowest BCUT2D eigenvalue weighted by Gasteiger charge is -2.25. The largest absolute Gasteiger partial charge is 0.309 e. The van der Waals surface area contributed by atoms with E-state index in [4.69, 9.17) is 9.97 Å². The van der Waals surface area contributed by atoms with E-state index in [1.54, 1.807) is 0 Å². The van der Waals surface area contributed by atoms with Crippen molar-refractivity contribution in [2.45, 2.75) is 19.3 Å². The van der Waals surface area contributed by atoms with Gasteiger partial charge < -0.3 is 9.13 Å². The zero-order chi connectivity index (χ0) is 45.5. The first-order valence-electron chi connectivity index (χ1n) is 23.9. The van der Waals surface area contributed by atoms with Gasteiger partial charge in [-0.15, -0.1) is 0 Å². The SMILES string of the molecule is CC1(C)c2ccccc2-c2cccc(-c3nc4ccccc4nc3-c3ccc4c(-n5c6ccccc6c6cc7cc(-n8c9ccccc9c9c%10ccccc%10ccc98)ccc7cc65)cccc4c3)c21. The molecule has 15 rings (SSSR count). The Balaban J connectivity index is 0.899. The molecule has 1 aliphatic rings. The molecule has 0 bridgehead atoms. The summed E-state index contributed by atoms with van der Waals surface area (Å²) in [7, 11) is 0. The highest BCUT2D eigenvalue weighted by Gasteiger charge is 2.38. The fourth-order valence-corrected chi connectivity index (χ4v) is 12.2. The van der Waals surface area contributed by atoms with Gasteiger partial charge in [-0.25, -0.2) is 9.97 Å². The van der Waals surface area contributed by atoms with Crippen molar-refractivity contribution in [3.8, 4) is 45.0 Å². The van der Waals surface area contributed by atoms with E-state index < -0.39 is 0 Å². The Bertz CT molecular complexity index is 4530. The van der Waals surface area contributed by atoms with Crippen LogP contribution in [0.3, 0.4) is 0 Å². The zero-order valence-corrected chi connectivity index (χ0v) is 38.1. The van der Waals surface area contributed by atoms with Gasteiger partial charge >= 0.3 is 0 Å². The van der Waals surface area contributed by atoms with Crippen molar-refractivity contribution in [2.75, 3.05) is 0 Å². The third-order valence-electron chi connectivity index (χ3n) is 15.2. The number of nitrogens with zero attached hydrogens (tertiary/aromatic N) is 4. The van der Waals surface area contributed by atoms with E-state index in [2.05, 4.69) is 235 Å². The van der Waals surface area contributed by atoms with E-state index in [1.807, 2.05) is 6.07 Å². The quantitative estimate of drug-likeness (QED) is 0.177. The summed E-state index contributed by atoms with van der Waals surface area (Å²) in [5.41, 5.74) is 17.8. The lowest BCUT2D eigenvalue weighted by Crippen LogP contribution is -2.16. The van der Waals surface area contributed by atoms with E-state index in [9.17, 15) is 0 Å². The van der Waals surface area contributed by atoms with Crippen LogP contribution >= 0.6 is 0 Å². The van der Waals surface area contributed by atoms with Gasteiger partial charge in [0.1, 0.15) is 0 Å². The van der Waals surface area contributed by atoms with E-state index in [0.717, 1.165) is 50.3 Å². The molecule has 0 saturated carbocycles. The number of fused-ring (bicyclic) bond motifs is 14. The Morgan fingerprint density at radius 3 is 1.90 bits per heavy atom. The standard InChI is InChI=1S/C65H42N4/c1-65(2)53-23-8-5-18-47(53)49-21-14-22-51(62(49)65)64-63(66-54-24-9-10-25-55(54)67-64)42-30-33-45-41(35-42)16-13-28-56(45)69-57-26-11-6-19-48(57)52-37-43-36-44(32-29-40(43)38-60(52)69)68-58-27-12-7-20-50(58)61-46-17-4-3-15-39(46)31-34-59(61)68/h3-38H,1-2H3. The molecule has 0 amide bonds. The number of rotatable bonds is 4. The van der Waals surface area contributed by atoms with Gasteiger partial charge in [-0.1, -0.05) is 166 Å². The number of aromatic nitrogens is 4. The van der Waals surface area contributed by atoms with Crippen LogP contribution in [-0.2, 0) is 5.41 Å². The van der Waals surface area contributed by atoms with Gasteiger partial charge in [0.25, 0.3) is 0 Å². The van der Waals surface area contributed by atoms with E-state index in [1.165, 1.54) is 92.8 Å². The zero-order valence-electron chi connectivity index (χ0n) is 38.1. The summed E-state index contributed by atoms with van der Waals surface area (Å²) in [5, 5.41) is 12.3. The number of para-hydroxylation sites is 4. The summed E-state index contributed by atoms with van der Waals surface area (Å²) in [6.07, 6.45) is 0. The molecule has 0 unspecified atom stereocenters. The van der Waals surface area contributed by atoms with Crippen LogP contribution < -0.4 is 0 Å². The van der Waals surface area contributed by atoms with Crippen LogP contribution in [0, 0.1) is 0 Å². The monoisotopic (exact) mass is 878 g/mol. The lowest BCUT2D eigenvalue weighted by molar-refractivity contribution is 0.662. The molecule has 0 fully saturated rings. The van der Waals surface area contributed by atoms with Gasteiger partial charge in [0.15, 0.2) is 0 Å². The third-order valence-corrected chi connectivity index (χ3v) is 15.2. The Morgan fingerprint density at radius 2 is 1.03 bits per heavy atom. The van der Waals surface area contributed by atoms with E-state index in [-0.39, 0.29) is 5.41 Å². The first-order chi connectivity index (χ1) is 34.0. The molecular weight excluding hydrogens is 837 g/mol. The van der Waals surface area contributed by atoms with Gasteiger partial charge in [-0.3, -0.25) is 0 Å². The molecule has 0 radical (unpaired) electrons. The van der Waals surface area contributed by atoms with Gasteiger partial charge in [-0.2, -0.15) is 0 Å². The molecule has 14 aromatic rings. The maximum Gasteiger partial charge on any atom is 0.0976 e. The molecule has 322 valence electrons. The van der Waals surface area contributed by atoms with Crippen molar-refractivity contribution >= 4 is 87.0 Å². The highest BCUT2D eigenvalue weighted by Crippen LogP contribution is 2.53. The Kier molecular flexibility index (Phi) is 7.81. The molecule has 0 aliphatic heterocycles. The summed E-state index contributed by atoms with van der Waals surface area (Å²) in [4.78, 5) is 10.9. The minimum atomic E-state index is -0.205. The molecule has 0 N–H and O–H groups in total. The molecule has 11 aromatic carbocycles. The fraction of sp³-hybridized carbons (Fsp3) is 0.0462. The maximum atomic E-state index is 5.45. The molecular formula is C65H42N4. The van der Waals surface area contributed by atoms with Crippen molar-refractivity contribution in [3.05, 3.63) is 230 Å². The van der Waals surface area contributed by atoms with Crippen LogP contribution in [0.2, 0.25) is 0 Å². The molecule has 4 nitrogen and oxygen atoms in total. The van der Waals surface area contributed by atoms with Crippen LogP contribution in [-0.4, -0.2) is 19.1 Å². The molecule has 4 heteroatoms. The molecule has 3 aromatic heterocycles. The molecule has 0 atom stereocenters. The predicted molar refractivity (Wildman–Crippen MR) is 289 cm³/mol. The van der Waals surface area contributed by atoms with Crippen molar-refractivity contribution in [1.29, 1.82) is 0 Å². The van der Waals surface area contributed by atoms with Crippen molar-refractivity contribution < 1.29 is 0 Å². The second-order valence-corrected chi connectivity index (χ2v) is 19.3. The second-order valence-electron chi connectivity index (χ2n) is 19.3. The van der Waals surface area contributed by atoms with Gasteiger partial charge in [-0.05, 0) is 116 Å². The first-order valence-corrected chi connectivity index (χ1v) is 23.9. The molecule has 3 heterocycles. The van der Waals surface area contributed by atoms with Gasteiger partial charge in [0.05, 0.1) is 50.2 Å². The number of benzene rings is 11. The number of hydrogen-bond acceptors (Lipinski definition) is 2. The van der Waals surface area contributed by atoms with Crippen LogP contribution in [0.4, 0.5) is 0 Å². The summed E-state index contributed by atoms with van der Waals surface area (Å²) in [5.74, 6) is 0. The van der Waals surface area contributed by atoms with Crippen LogP contribution in [0.1, 0.15) is 25.0 Å². The van der Waals surface area contributed by atoms with Gasteiger partial charge in [0, 0.05) is 49.2 Å². The first kappa shape index (κ1) is 38.3. The van der Waals surface area contributed by atoms with Crippen molar-refractivity contribution in [1.82, 2.24) is 19.1 Å². The molecule has 1 aliphatic carbocycles. The third kappa shape index (κ3) is 5.40. The maximum absolute atomic E-state index is 5.45. The molecule has 69 heavy (non-hydrogen) atoms. The minimum absolute atomic E-state index is 0.205. The van der Waals surface area contributed by atoms with Gasteiger partial charge in [0.2, 0.25) is 0 Å². The minimum Gasteiger partial charge on any atom is -0.309 e. The van der Waals surface area contributed by atoms with Crippen molar-refractivity contribution in [3.63, 3.8) is 0 Å². The molecule has 0 spiro atoms. The summed E-state index contributed by atoms with van der Waals surface area (Å²) in [6.45, 7) is 4.69. The van der Waals surface area contributed by atoms with E-state index in [0.29, 0.717) is 0 Å². The smallest absolute Gasteiger partial charge is 0.0976 e. The van der Waals surface area contributed by atoms with Crippen LogP contribution in [0.5, 0.6) is 0 Å². The number of hydrogen-bond donors (Lipinski definition) is 0. The normalized spacial score (nSPS) is 13.2. The summed E-state index contributed by atoms with van der Waals surface area (Å²) >= 11 is 0. The topological polar surface area (TPSA) is 35.6 Å². The van der Waals surface area contributed by atoms with Crippen LogP contribution in [0.15, 0.2) is 218 Å². The lowest BCUT2D eigenvalue weighted by atomic mass is 9.79.